The van der Waals surface area contributed by atoms with Crippen molar-refractivity contribution in [3.05, 3.63) is 0 Å². The normalized spacial score (nSPS) is 22.2. The van der Waals surface area contributed by atoms with Crippen molar-refractivity contribution in [2.45, 2.75) is 79.2 Å². The van der Waals surface area contributed by atoms with Crippen molar-refractivity contribution in [1.82, 2.24) is 4.90 Å². The van der Waals surface area contributed by atoms with Crippen molar-refractivity contribution in [1.29, 1.82) is 0 Å². The molecule has 0 aliphatic carbocycles. The Morgan fingerprint density at radius 3 is 2.11 bits per heavy atom. The van der Waals surface area contributed by atoms with E-state index in [1.54, 1.807) is 4.90 Å². The van der Waals surface area contributed by atoms with E-state index in [-0.39, 0.29) is 12.1 Å². The summed E-state index contributed by atoms with van der Waals surface area (Å²) < 4.78 is 10.9. The van der Waals surface area contributed by atoms with Crippen molar-refractivity contribution in [3.63, 3.8) is 0 Å². The monoisotopic (exact) mass is 259 g/mol. The lowest BCUT2D eigenvalue weighted by Gasteiger charge is -2.34. The molecule has 1 aliphatic heterocycles. The lowest BCUT2D eigenvalue weighted by molar-refractivity contribution is -0.0618. The van der Waals surface area contributed by atoms with E-state index in [9.17, 15) is 4.79 Å². The van der Waals surface area contributed by atoms with Crippen LogP contribution in [0.5, 0.6) is 0 Å². The first kappa shape index (κ1) is 17.2. The Kier molecular flexibility index (Phi) is 6.14. The van der Waals surface area contributed by atoms with Crippen LogP contribution in [-0.4, -0.2) is 35.0 Å². The lowest BCUT2D eigenvalue weighted by Crippen LogP contribution is -2.48. The number of nitrogens with zero attached hydrogens (tertiary/aromatic N) is 1. The summed E-state index contributed by atoms with van der Waals surface area (Å²) in [7, 11) is 0. The van der Waals surface area contributed by atoms with Gasteiger partial charge in [0.05, 0.1) is 12.6 Å². The summed E-state index contributed by atoms with van der Waals surface area (Å²) in [6.45, 7) is 16.1. The number of hydrogen-bond donors (Lipinski definition) is 0. The third-order valence-corrected chi connectivity index (χ3v) is 2.29. The van der Waals surface area contributed by atoms with Crippen molar-refractivity contribution in [2.24, 2.45) is 0 Å². The topological polar surface area (TPSA) is 38.8 Å². The fraction of sp³-hybridized carbons (Fsp3) is 0.929. The van der Waals surface area contributed by atoms with Crippen LogP contribution in [0.1, 0.15) is 61.8 Å². The van der Waals surface area contributed by atoms with Gasteiger partial charge in [0.1, 0.15) is 11.3 Å². The highest BCUT2D eigenvalue weighted by Crippen LogP contribution is 2.28. The van der Waals surface area contributed by atoms with Crippen LogP contribution in [0.25, 0.3) is 0 Å². The smallest absolute Gasteiger partial charge is 0.412 e. The molecule has 1 aliphatic rings. The summed E-state index contributed by atoms with van der Waals surface area (Å²) in [4.78, 5) is 13.6. The second-order valence-corrected chi connectivity index (χ2v) is 6.16. The number of amides is 1. The highest BCUT2D eigenvalue weighted by atomic mass is 16.6. The van der Waals surface area contributed by atoms with Crippen molar-refractivity contribution in [2.75, 3.05) is 6.61 Å². The molecular formula is C14H29NO3. The molecule has 0 radical (unpaired) electrons. The number of carbonyl (C=O) groups excluding carboxylic acids is 1. The van der Waals surface area contributed by atoms with E-state index in [2.05, 4.69) is 13.8 Å². The van der Waals surface area contributed by atoms with Gasteiger partial charge in [0.25, 0.3) is 0 Å². The molecule has 0 saturated carbocycles. The first-order valence-electron chi connectivity index (χ1n) is 6.71. The fourth-order valence-corrected chi connectivity index (χ4v) is 1.71. The Labute approximate surface area is 112 Å². The molecule has 1 rings (SSSR count). The third kappa shape index (κ3) is 5.25. The quantitative estimate of drug-likeness (QED) is 0.664. The predicted octanol–water partition coefficient (Wildman–Crippen LogP) is 3.79. The molecule has 1 fully saturated rings. The van der Waals surface area contributed by atoms with Crippen LogP contribution >= 0.6 is 0 Å². The van der Waals surface area contributed by atoms with Crippen molar-refractivity contribution >= 4 is 6.09 Å². The van der Waals surface area contributed by atoms with Gasteiger partial charge in [0.2, 0.25) is 0 Å². The van der Waals surface area contributed by atoms with E-state index in [1.807, 2.05) is 41.5 Å². The van der Waals surface area contributed by atoms with E-state index >= 15 is 0 Å². The zero-order valence-corrected chi connectivity index (χ0v) is 13.2. The maximum atomic E-state index is 11.9. The third-order valence-electron chi connectivity index (χ3n) is 2.29. The van der Waals surface area contributed by atoms with E-state index < -0.39 is 11.3 Å². The Morgan fingerprint density at radius 2 is 1.83 bits per heavy atom. The SMILES string of the molecule is CCC.C[C@@H]1COC(C)(C)N1C(=O)OC(C)(C)C. The van der Waals surface area contributed by atoms with Gasteiger partial charge in [-0.2, -0.15) is 0 Å². The molecule has 4 nitrogen and oxygen atoms in total. The number of rotatable bonds is 0. The van der Waals surface area contributed by atoms with Gasteiger partial charge in [0, 0.05) is 0 Å². The highest BCUT2D eigenvalue weighted by molar-refractivity contribution is 5.69. The van der Waals surface area contributed by atoms with Gasteiger partial charge in [-0.1, -0.05) is 20.3 Å². The number of carbonyl (C=O) groups is 1. The lowest BCUT2D eigenvalue weighted by atomic mass is 10.2. The fourth-order valence-electron chi connectivity index (χ4n) is 1.71. The molecule has 0 aromatic rings. The van der Waals surface area contributed by atoms with Gasteiger partial charge in [-0.3, -0.25) is 4.90 Å². The van der Waals surface area contributed by atoms with Crippen LogP contribution in [0.4, 0.5) is 4.79 Å². The van der Waals surface area contributed by atoms with Crippen molar-refractivity contribution < 1.29 is 14.3 Å². The van der Waals surface area contributed by atoms with Crippen LogP contribution in [0.15, 0.2) is 0 Å². The first-order chi connectivity index (χ1) is 8.05. The molecule has 1 atom stereocenters. The largest absolute Gasteiger partial charge is 0.444 e. The van der Waals surface area contributed by atoms with Crippen LogP contribution < -0.4 is 0 Å². The van der Waals surface area contributed by atoms with Gasteiger partial charge in [-0.15, -0.1) is 0 Å². The maximum Gasteiger partial charge on any atom is 0.412 e. The summed E-state index contributed by atoms with van der Waals surface area (Å²) >= 11 is 0. The van der Waals surface area contributed by atoms with Crippen LogP contribution in [0.3, 0.4) is 0 Å². The molecule has 1 saturated heterocycles. The second-order valence-electron chi connectivity index (χ2n) is 6.16. The summed E-state index contributed by atoms with van der Waals surface area (Å²) in [5.74, 6) is 0. The predicted molar refractivity (Wildman–Crippen MR) is 73.5 cm³/mol. The Balaban J connectivity index is 0.000000873. The van der Waals surface area contributed by atoms with E-state index in [0.717, 1.165) is 0 Å². The number of ether oxygens (including phenoxy) is 2. The average Bonchev–Trinajstić information content (AvgIpc) is 2.38. The molecule has 0 aromatic heterocycles. The standard InChI is InChI=1S/C11H21NO3.C3H8/c1-8-7-14-11(5,6)12(8)9(13)15-10(2,3)4;1-3-2/h8H,7H2,1-6H3;3H2,1-2H3/t8-;/m1./s1. The molecule has 1 amide bonds. The van der Waals surface area contributed by atoms with Crippen LogP contribution in [-0.2, 0) is 9.47 Å². The summed E-state index contributed by atoms with van der Waals surface area (Å²) in [5, 5.41) is 0. The highest BCUT2D eigenvalue weighted by Gasteiger charge is 2.43. The number of hydrogen-bond acceptors (Lipinski definition) is 3. The molecule has 108 valence electrons. The van der Waals surface area contributed by atoms with E-state index in [1.165, 1.54) is 6.42 Å². The Bertz CT molecular complexity index is 269. The molecule has 0 spiro atoms. The minimum absolute atomic E-state index is 0.0647. The van der Waals surface area contributed by atoms with E-state index in [4.69, 9.17) is 9.47 Å². The van der Waals surface area contributed by atoms with E-state index in [0.29, 0.717) is 6.61 Å². The molecular weight excluding hydrogens is 230 g/mol. The summed E-state index contributed by atoms with van der Waals surface area (Å²) in [6, 6.07) is 0.0647. The van der Waals surface area contributed by atoms with Gasteiger partial charge in [0.15, 0.2) is 0 Å². The van der Waals surface area contributed by atoms with Gasteiger partial charge in [-0.05, 0) is 41.5 Å². The minimum atomic E-state index is -0.568. The Morgan fingerprint density at radius 1 is 1.39 bits per heavy atom. The van der Waals surface area contributed by atoms with Gasteiger partial charge < -0.3 is 9.47 Å². The van der Waals surface area contributed by atoms with Crippen LogP contribution in [0, 0.1) is 0 Å². The molecule has 0 aromatic carbocycles. The minimum Gasteiger partial charge on any atom is -0.444 e. The zero-order chi connectivity index (χ0) is 14.6. The van der Waals surface area contributed by atoms with Gasteiger partial charge >= 0.3 is 6.09 Å². The Hall–Kier alpha value is -0.770. The second kappa shape index (κ2) is 6.41. The molecule has 1 heterocycles. The summed E-state index contributed by atoms with van der Waals surface area (Å²) in [5.41, 5.74) is -1.03. The molecule has 4 heteroatoms. The summed E-state index contributed by atoms with van der Waals surface area (Å²) in [6.07, 6.45) is 0.942. The molecule has 0 bridgehead atoms. The van der Waals surface area contributed by atoms with Gasteiger partial charge in [-0.25, -0.2) is 4.79 Å². The average molecular weight is 259 g/mol. The zero-order valence-electron chi connectivity index (χ0n) is 13.2. The molecule has 18 heavy (non-hydrogen) atoms. The van der Waals surface area contributed by atoms with Crippen LogP contribution in [0.2, 0.25) is 0 Å². The first-order valence-corrected chi connectivity index (χ1v) is 6.71. The van der Waals surface area contributed by atoms with Crippen molar-refractivity contribution in [3.8, 4) is 0 Å². The molecule has 0 unspecified atom stereocenters. The molecule has 0 N–H and O–H groups in total. The maximum absolute atomic E-state index is 11.9.